The van der Waals surface area contributed by atoms with E-state index in [1.807, 2.05) is 32.0 Å². The summed E-state index contributed by atoms with van der Waals surface area (Å²) in [5, 5.41) is 5.02. The molecule has 1 fully saturated rings. The van der Waals surface area contributed by atoms with Gasteiger partial charge in [0.05, 0.1) is 19.4 Å². The second kappa shape index (κ2) is 12.2. The molecule has 1 aliphatic heterocycles. The Balaban J connectivity index is 1.52. The van der Waals surface area contributed by atoms with Crippen LogP contribution in [0.3, 0.4) is 0 Å². The Kier molecular flexibility index (Phi) is 8.48. The van der Waals surface area contributed by atoms with Crippen molar-refractivity contribution in [2.24, 2.45) is 0 Å². The van der Waals surface area contributed by atoms with Crippen molar-refractivity contribution >= 4 is 41.2 Å². The fourth-order valence-electron chi connectivity index (χ4n) is 4.08. The highest BCUT2D eigenvalue weighted by atomic mass is 16.5. The van der Waals surface area contributed by atoms with Crippen molar-refractivity contribution in [2.45, 2.75) is 20.8 Å². The van der Waals surface area contributed by atoms with Crippen LogP contribution in [-0.4, -0.2) is 44.1 Å². The molecule has 2 N–H and O–H groups in total. The van der Waals surface area contributed by atoms with Crippen molar-refractivity contribution in [3.8, 4) is 17.2 Å². The van der Waals surface area contributed by atoms with Crippen LogP contribution in [0, 0.1) is 13.8 Å². The zero-order chi connectivity index (χ0) is 28.8. The maximum Gasteiger partial charge on any atom is 0.335 e. The summed E-state index contributed by atoms with van der Waals surface area (Å²) in [5.41, 5.74) is 3.23. The Morgan fingerprint density at radius 1 is 0.950 bits per heavy atom. The van der Waals surface area contributed by atoms with E-state index in [-0.39, 0.29) is 23.8 Å². The topological polar surface area (TPSA) is 123 Å². The van der Waals surface area contributed by atoms with Crippen molar-refractivity contribution in [3.63, 3.8) is 0 Å². The van der Waals surface area contributed by atoms with Crippen LogP contribution >= 0.6 is 0 Å². The van der Waals surface area contributed by atoms with Crippen LogP contribution in [0.15, 0.2) is 66.2 Å². The summed E-state index contributed by atoms with van der Waals surface area (Å²) >= 11 is 0. The number of urea groups is 1. The summed E-state index contributed by atoms with van der Waals surface area (Å²) in [4.78, 5) is 51.6. The number of anilines is 2. The van der Waals surface area contributed by atoms with Crippen LogP contribution in [0.1, 0.15) is 23.6 Å². The minimum absolute atomic E-state index is 0.237. The lowest BCUT2D eigenvalue weighted by atomic mass is 10.1. The van der Waals surface area contributed by atoms with Crippen LogP contribution in [0.2, 0.25) is 0 Å². The molecule has 0 radical (unpaired) electrons. The van der Waals surface area contributed by atoms with Crippen LogP contribution in [0.25, 0.3) is 6.08 Å². The number of nitrogens with zero attached hydrogens (tertiary/aromatic N) is 1. The minimum Gasteiger partial charge on any atom is -0.497 e. The first-order chi connectivity index (χ1) is 19.2. The van der Waals surface area contributed by atoms with Gasteiger partial charge >= 0.3 is 6.03 Å². The third-order valence-corrected chi connectivity index (χ3v) is 6.03. The van der Waals surface area contributed by atoms with Gasteiger partial charge in [0, 0.05) is 5.69 Å². The molecule has 1 aliphatic rings. The van der Waals surface area contributed by atoms with Crippen molar-refractivity contribution in [1.29, 1.82) is 0 Å². The van der Waals surface area contributed by atoms with E-state index < -0.39 is 17.8 Å². The van der Waals surface area contributed by atoms with E-state index in [1.165, 1.54) is 13.2 Å². The maximum atomic E-state index is 13.2. The number of barbiturate groups is 1. The molecule has 40 heavy (non-hydrogen) atoms. The Morgan fingerprint density at radius 2 is 1.70 bits per heavy atom. The van der Waals surface area contributed by atoms with Gasteiger partial charge in [-0.3, -0.25) is 19.7 Å². The molecule has 10 heteroatoms. The first kappa shape index (κ1) is 27.9. The molecule has 206 valence electrons. The number of carbonyl (C=O) groups excluding carboxylic acids is 4. The van der Waals surface area contributed by atoms with E-state index in [1.54, 1.807) is 49.4 Å². The number of benzene rings is 3. The van der Waals surface area contributed by atoms with Gasteiger partial charge < -0.3 is 19.5 Å². The number of aryl methyl sites for hydroxylation is 2. The maximum absolute atomic E-state index is 13.2. The molecule has 3 aromatic carbocycles. The third kappa shape index (κ3) is 6.29. The summed E-state index contributed by atoms with van der Waals surface area (Å²) in [7, 11) is 1.50. The van der Waals surface area contributed by atoms with Gasteiger partial charge in [0.2, 0.25) is 0 Å². The van der Waals surface area contributed by atoms with Crippen LogP contribution in [0.4, 0.5) is 16.2 Å². The lowest BCUT2D eigenvalue weighted by Crippen LogP contribution is -2.54. The van der Waals surface area contributed by atoms with Crippen molar-refractivity contribution < 1.29 is 33.4 Å². The summed E-state index contributed by atoms with van der Waals surface area (Å²) in [6, 6.07) is 15.9. The molecular weight excluding hydrogens is 514 g/mol. The molecule has 0 saturated carbocycles. The molecule has 0 unspecified atom stereocenters. The number of amides is 5. The van der Waals surface area contributed by atoms with Gasteiger partial charge in [-0.1, -0.05) is 23.8 Å². The molecule has 0 spiro atoms. The molecular formula is C30H29N3O7. The number of rotatable bonds is 9. The highest BCUT2D eigenvalue weighted by Crippen LogP contribution is 2.31. The highest BCUT2D eigenvalue weighted by Gasteiger charge is 2.36. The number of hydrogen-bond donors (Lipinski definition) is 2. The Hall–Kier alpha value is -5.12. The monoisotopic (exact) mass is 543 g/mol. The lowest BCUT2D eigenvalue weighted by Gasteiger charge is -2.26. The fourth-order valence-corrected chi connectivity index (χ4v) is 4.08. The van der Waals surface area contributed by atoms with Gasteiger partial charge in [0.15, 0.2) is 18.1 Å². The molecule has 0 aromatic heterocycles. The average Bonchev–Trinajstić information content (AvgIpc) is 2.92. The Bertz CT molecular complexity index is 1500. The molecule has 3 aromatic rings. The van der Waals surface area contributed by atoms with E-state index in [0.717, 1.165) is 16.0 Å². The average molecular weight is 544 g/mol. The second-order valence-corrected chi connectivity index (χ2v) is 8.95. The summed E-state index contributed by atoms with van der Waals surface area (Å²) < 4.78 is 16.5. The van der Waals surface area contributed by atoms with E-state index in [2.05, 4.69) is 10.6 Å². The number of ether oxygens (including phenoxy) is 3. The van der Waals surface area contributed by atoms with E-state index in [9.17, 15) is 19.2 Å². The van der Waals surface area contributed by atoms with Gasteiger partial charge in [0.1, 0.15) is 11.3 Å². The van der Waals surface area contributed by atoms with E-state index in [0.29, 0.717) is 35.1 Å². The van der Waals surface area contributed by atoms with Crippen molar-refractivity contribution in [1.82, 2.24) is 5.32 Å². The van der Waals surface area contributed by atoms with Gasteiger partial charge in [-0.05, 0) is 80.4 Å². The summed E-state index contributed by atoms with van der Waals surface area (Å²) in [6.45, 7) is 5.73. The highest BCUT2D eigenvalue weighted by molar-refractivity contribution is 6.39. The Morgan fingerprint density at radius 3 is 2.38 bits per heavy atom. The van der Waals surface area contributed by atoms with Crippen LogP contribution in [0.5, 0.6) is 17.2 Å². The first-order valence-electron chi connectivity index (χ1n) is 12.5. The number of methoxy groups -OCH3 is 1. The summed E-state index contributed by atoms with van der Waals surface area (Å²) in [6.07, 6.45) is 1.36. The smallest absolute Gasteiger partial charge is 0.335 e. The molecule has 0 bridgehead atoms. The number of nitrogens with one attached hydrogen (secondary N) is 2. The predicted molar refractivity (Wildman–Crippen MR) is 150 cm³/mol. The fraction of sp³-hybridized carbons (Fsp3) is 0.200. The summed E-state index contributed by atoms with van der Waals surface area (Å²) in [5.74, 6) is -0.749. The first-order valence-corrected chi connectivity index (χ1v) is 12.5. The largest absolute Gasteiger partial charge is 0.497 e. The predicted octanol–water partition coefficient (Wildman–Crippen LogP) is 4.39. The van der Waals surface area contributed by atoms with Gasteiger partial charge in [-0.15, -0.1) is 0 Å². The Labute approximate surface area is 231 Å². The molecule has 5 amide bonds. The number of imide groups is 2. The standard InChI is InChI=1S/C30H29N3O7/c1-5-39-26-16-20(7-13-25(26)40-17-27(34)31-24-12-6-18(2)14-19(24)3)15-23-28(35)32-30(37)33(29(23)36)21-8-10-22(38-4)11-9-21/h6-16H,5,17H2,1-4H3,(H,31,34)(H,32,35,37)/b23-15+. The quantitative estimate of drug-likeness (QED) is 0.303. The molecule has 4 rings (SSSR count). The number of hydrogen-bond acceptors (Lipinski definition) is 7. The second-order valence-electron chi connectivity index (χ2n) is 8.95. The minimum atomic E-state index is -0.852. The van der Waals surface area contributed by atoms with Gasteiger partial charge in [0.25, 0.3) is 17.7 Å². The van der Waals surface area contributed by atoms with Crippen molar-refractivity contribution in [3.05, 3.63) is 82.9 Å². The molecule has 10 nitrogen and oxygen atoms in total. The molecule has 1 saturated heterocycles. The van der Waals surface area contributed by atoms with E-state index in [4.69, 9.17) is 14.2 Å². The van der Waals surface area contributed by atoms with Gasteiger partial charge in [-0.25, -0.2) is 9.69 Å². The van der Waals surface area contributed by atoms with Crippen LogP contribution < -0.4 is 29.7 Å². The molecule has 0 aliphatic carbocycles. The van der Waals surface area contributed by atoms with Crippen molar-refractivity contribution in [2.75, 3.05) is 30.5 Å². The van der Waals surface area contributed by atoms with Gasteiger partial charge in [-0.2, -0.15) is 0 Å². The molecule has 1 heterocycles. The zero-order valence-electron chi connectivity index (χ0n) is 22.6. The normalized spacial score (nSPS) is 14.2. The SMILES string of the molecule is CCOc1cc(/C=C2\C(=O)NC(=O)N(c3ccc(OC)cc3)C2=O)ccc1OCC(=O)Nc1ccc(C)cc1C. The number of carbonyl (C=O) groups is 4. The van der Waals surface area contributed by atoms with E-state index >= 15 is 0 Å². The molecule has 0 atom stereocenters. The zero-order valence-corrected chi connectivity index (χ0v) is 22.6. The lowest BCUT2D eigenvalue weighted by molar-refractivity contribution is -0.122. The third-order valence-electron chi connectivity index (χ3n) is 6.03. The van der Waals surface area contributed by atoms with Crippen LogP contribution in [-0.2, 0) is 14.4 Å².